The van der Waals surface area contributed by atoms with E-state index < -0.39 is 0 Å². The minimum atomic E-state index is -0.331. The average molecular weight is 404 g/mol. The summed E-state index contributed by atoms with van der Waals surface area (Å²) in [5.41, 5.74) is 1.20. The molecular formula is C20H22BrNO3. The molecule has 4 atom stereocenters. The summed E-state index contributed by atoms with van der Waals surface area (Å²) < 4.78 is 6.31. The molecule has 0 heterocycles. The highest BCUT2D eigenvalue weighted by molar-refractivity contribution is 9.10. The van der Waals surface area contributed by atoms with Gasteiger partial charge in [-0.25, -0.2) is 0 Å². The topological polar surface area (TPSA) is 55.4 Å². The maximum absolute atomic E-state index is 12.9. The molecule has 2 fully saturated rings. The standard InChI is InChI=1S/C20H22BrNO3/c1-2-25-19(24)17-15-8-7-14(20(15)9-10-20)16(17)18(23)22-11-12-3-5-13(21)6-4-12/h3-8,14-17H,2,9-11H2,1H3,(H,22,23)/t14-,15+,16+,17+/m0/s1. The van der Waals surface area contributed by atoms with Gasteiger partial charge in [0.25, 0.3) is 0 Å². The third-order valence-corrected chi connectivity index (χ3v) is 6.61. The van der Waals surface area contributed by atoms with Crippen LogP contribution in [0.1, 0.15) is 25.3 Å². The van der Waals surface area contributed by atoms with Crippen molar-refractivity contribution in [2.45, 2.75) is 26.3 Å². The molecule has 0 saturated heterocycles. The van der Waals surface area contributed by atoms with E-state index in [-0.39, 0.29) is 41.0 Å². The molecule has 0 aromatic heterocycles. The quantitative estimate of drug-likeness (QED) is 0.604. The molecule has 4 nitrogen and oxygen atoms in total. The van der Waals surface area contributed by atoms with Gasteiger partial charge in [-0.1, -0.05) is 40.2 Å². The number of ether oxygens (including phenoxy) is 1. The largest absolute Gasteiger partial charge is 0.466 e. The predicted molar refractivity (Wildman–Crippen MR) is 97.4 cm³/mol. The number of carbonyl (C=O) groups is 2. The summed E-state index contributed by atoms with van der Waals surface area (Å²) in [6, 6.07) is 7.89. The van der Waals surface area contributed by atoms with E-state index in [1.807, 2.05) is 31.2 Å². The van der Waals surface area contributed by atoms with Gasteiger partial charge in [0.15, 0.2) is 0 Å². The van der Waals surface area contributed by atoms with E-state index in [0.717, 1.165) is 22.9 Å². The van der Waals surface area contributed by atoms with Crippen LogP contribution in [0.5, 0.6) is 0 Å². The van der Waals surface area contributed by atoms with Crippen molar-refractivity contribution in [1.29, 1.82) is 0 Å². The first-order chi connectivity index (χ1) is 12.1. The van der Waals surface area contributed by atoms with Gasteiger partial charge in [0.05, 0.1) is 18.4 Å². The van der Waals surface area contributed by atoms with Crippen molar-refractivity contribution in [3.05, 3.63) is 46.5 Å². The lowest BCUT2D eigenvalue weighted by atomic mass is 9.82. The van der Waals surface area contributed by atoms with Crippen molar-refractivity contribution in [3.63, 3.8) is 0 Å². The molecule has 25 heavy (non-hydrogen) atoms. The van der Waals surface area contributed by atoms with E-state index in [2.05, 4.69) is 33.4 Å². The minimum Gasteiger partial charge on any atom is -0.466 e. The molecule has 5 heteroatoms. The molecule has 132 valence electrons. The SMILES string of the molecule is CCOC(=O)[C@H]1[C@H](C(=O)NCc2ccc(Br)cc2)[C@@H]2C=C[C@H]1C21CC1. The molecule has 0 radical (unpaired) electrons. The molecule has 4 rings (SSSR count). The first kappa shape index (κ1) is 16.8. The van der Waals surface area contributed by atoms with Gasteiger partial charge in [0, 0.05) is 11.0 Å². The Hall–Kier alpha value is -1.62. The highest BCUT2D eigenvalue weighted by atomic mass is 79.9. The van der Waals surface area contributed by atoms with Crippen LogP contribution in [0, 0.1) is 29.1 Å². The Kier molecular flexibility index (Phi) is 4.22. The van der Waals surface area contributed by atoms with Crippen LogP contribution in [0.4, 0.5) is 0 Å². The van der Waals surface area contributed by atoms with Gasteiger partial charge in [-0.15, -0.1) is 0 Å². The number of rotatable bonds is 5. The van der Waals surface area contributed by atoms with Gasteiger partial charge in [0.2, 0.25) is 5.91 Å². The Balaban J connectivity index is 1.50. The van der Waals surface area contributed by atoms with E-state index >= 15 is 0 Å². The number of allylic oxidation sites excluding steroid dienone is 2. The molecule has 1 amide bonds. The summed E-state index contributed by atoms with van der Waals surface area (Å²) in [5, 5.41) is 3.04. The normalized spacial score (nSPS) is 30.5. The number of hydrogen-bond acceptors (Lipinski definition) is 3. The van der Waals surface area contributed by atoms with Gasteiger partial charge in [-0.05, 0) is 54.7 Å². The summed E-state index contributed by atoms with van der Waals surface area (Å²) in [6.07, 6.45) is 6.54. The minimum absolute atomic E-state index is 0.0240. The van der Waals surface area contributed by atoms with E-state index in [9.17, 15) is 9.59 Å². The van der Waals surface area contributed by atoms with Gasteiger partial charge < -0.3 is 10.1 Å². The predicted octanol–water partition coefficient (Wildman–Crippen LogP) is 3.46. The third-order valence-electron chi connectivity index (χ3n) is 6.08. The number of carbonyl (C=O) groups excluding carboxylic acids is 2. The lowest BCUT2D eigenvalue weighted by molar-refractivity contribution is -0.153. The van der Waals surface area contributed by atoms with Crippen molar-refractivity contribution >= 4 is 27.8 Å². The molecule has 2 bridgehead atoms. The van der Waals surface area contributed by atoms with Crippen molar-refractivity contribution in [2.75, 3.05) is 6.61 Å². The van der Waals surface area contributed by atoms with Crippen molar-refractivity contribution in [1.82, 2.24) is 5.32 Å². The zero-order chi connectivity index (χ0) is 17.6. The Bertz CT molecular complexity index is 723. The van der Waals surface area contributed by atoms with Gasteiger partial charge in [0.1, 0.15) is 0 Å². The zero-order valence-corrected chi connectivity index (χ0v) is 15.8. The Labute approximate surface area is 156 Å². The van der Waals surface area contributed by atoms with Crippen LogP contribution < -0.4 is 5.32 Å². The smallest absolute Gasteiger partial charge is 0.310 e. The fraction of sp³-hybridized carbons (Fsp3) is 0.500. The second-order valence-electron chi connectivity index (χ2n) is 7.32. The maximum atomic E-state index is 12.9. The lowest BCUT2D eigenvalue weighted by Crippen LogP contribution is -2.40. The van der Waals surface area contributed by atoms with Crippen LogP contribution in [0.3, 0.4) is 0 Å². The number of hydrogen-bond donors (Lipinski definition) is 1. The van der Waals surface area contributed by atoms with Crippen LogP contribution in [-0.2, 0) is 20.9 Å². The molecule has 2 saturated carbocycles. The summed E-state index contributed by atoms with van der Waals surface area (Å²) in [5.74, 6) is -0.523. The Morgan fingerprint density at radius 1 is 1.16 bits per heavy atom. The number of amides is 1. The first-order valence-corrected chi connectivity index (χ1v) is 9.73. The lowest BCUT2D eigenvalue weighted by Gasteiger charge is -2.25. The number of benzene rings is 1. The second kappa shape index (κ2) is 6.27. The van der Waals surface area contributed by atoms with Crippen molar-refractivity contribution in [2.24, 2.45) is 29.1 Å². The summed E-state index contributed by atoms with van der Waals surface area (Å²) in [4.78, 5) is 25.5. The van der Waals surface area contributed by atoms with Gasteiger partial charge in [-0.3, -0.25) is 9.59 Å². The fourth-order valence-electron chi connectivity index (χ4n) is 4.82. The molecule has 0 aliphatic heterocycles. The zero-order valence-electron chi connectivity index (χ0n) is 14.2. The molecule has 1 spiro atoms. The number of halogens is 1. The van der Waals surface area contributed by atoms with Crippen molar-refractivity contribution in [3.8, 4) is 0 Å². The highest BCUT2D eigenvalue weighted by Crippen LogP contribution is 2.72. The van der Waals surface area contributed by atoms with Crippen LogP contribution in [0.25, 0.3) is 0 Å². The van der Waals surface area contributed by atoms with Crippen LogP contribution >= 0.6 is 15.9 Å². The molecule has 1 aromatic rings. The highest BCUT2D eigenvalue weighted by Gasteiger charge is 2.70. The molecule has 3 aliphatic rings. The number of nitrogens with one attached hydrogen (secondary N) is 1. The molecule has 1 aromatic carbocycles. The second-order valence-corrected chi connectivity index (χ2v) is 8.23. The molecule has 3 aliphatic carbocycles. The maximum Gasteiger partial charge on any atom is 0.310 e. The van der Waals surface area contributed by atoms with Gasteiger partial charge >= 0.3 is 5.97 Å². The summed E-state index contributed by atoms with van der Waals surface area (Å²) in [7, 11) is 0. The molecular weight excluding hydrogens is 382 g/mol. The molecule has 1 N–H and O–H groups in total. The van der Waals surface area contributed by atoms with E-state index in [0.29, 0.717) is 13.2 Å². The Morgan fingerprint density at radius 3 is 2.40 bits per heavy atom. The molecule has 0 unspecified atom stereocenters. The fourth-order valence-corrected chi connectivity index (χ4v) is 5.09. The monoisotopic (exact) mass is 403 g/mol. The van der Waals surface area contributed by atoms with E-state index in [4.69, 9.17) is 4.74 Å². The van der Waals surface area contributed by atoms with Gasteiger partial charge in [-0.2, -0.15) is 0 Å². The van der Waals surface area contributed by atoms with Crippen LogP contribution in [-0.4, -0.2) is 18.5 Å². The summed E-state index contributed by atoms with van der Waals surface area (Å²) in [6.45, 7) is 2.65. The number of esters is 1. The first-order valence-electron chi connectivity index (χ1n) is 8.94. The van der Waals surface area contributed by atoms with Crippen molar-refractivity contribution < 1.29 is 14.3 Å². The average Bonchev–Trinajstić information content (AvgIpc) is 3.27. The van der Waals surface area contributed by atoms with E-state index in [1.165, 1.54) is 0 Å². The summed E-state index contributed by atoms with van der Waals surface area (Å²) >= 11 is 3.41. The van der Waals surface area contributed by atoms with Crippen LogP contribution in [0.15, 0.2) is 40.9 Å². The van der Waals surface area contributed by atoms with Crippen LogP contribution in [0.2, 0.25) is 0 Å². The third kappa shape index (κ3) is 2.73. The Morgan fingerprint density at radius 2 is 1.80 bits per heavy atom. The van der Waals surface area contributed by atoms with E-state index in [1.54, 1.807) is 0 Å².